The highest BCUT2D eigenvalue weighted by Gasteiger charge is 2.17. The molecule has 0 bridgehead atoms. The van der Waals surface area contributed by atoms with Gasteiger partial charge in [0.15, 0.2) is 5.71 Å². The zero-order valence-electron chi connectivity index (χ0n) is 13.0. The van der Waals surface area contributed by atoms with E-state index in [0.717, 1.165) is 22.4 Å². The number of benzene rings is 2. The minimum atomic E-state index is -0.453. The first-order chi connectivity index (χ1) is 10.7. The van der Waals surface area contributed by atoms with Crippen molar-refractivity contribution in [3.63, 3.8) is 0 Å². The van der Waals surface area contributed by atoms with Crippen molar-refractivity contribution in [1.82, 2.24) is 0 Å². The second kappa shape index (κ2) is 7.41. The van der Waals surface area contributed by atoms with Crippen LogP contribution < -0.4 is 4.74 Å². The predicted molar refractivity (Wildman–Crippen MR) is 86.4 cm³/mol. The summed E-state index contributed by atoms with van der Waals surface area (Å²) in [7, 11) is 2.92. The monoisotopic (exact) mass is 297 g/mol. The molecule has 2 rings (SSSR count). The van der Waals surface area contributed by atoms with E-state index in [-0.39, 0.29) is 0 Å². The normalized spacial score (nSPS) is 11.1. The third kappa shape index (κ3) is 3.52. The number of aryl methyl sites for hydroxylation is 1. The van der Waals surface area contributed by atoms with Crippen molar-refractivity contribution in [3.8, 4) is 5.75 Å². The van der Waals surface area contributed by atoms with Crippen LogP contribution in [0, 0.1) is 6.92 Å². The van der Waals surface area contributed by atoms with Crippen LogP contribution in [0.15, 0.2) is 53.5 Å². The summed E-state index contributed by atoms with van der Waals surface area (Å²) in [5.74, 6) is 0.371. The molecule has 0 aliphatic heterocycles. The van der Waals surface area contributed by atoms with Crippen LogP contribution in [0.25, 0.3) is 0 Å². The Morgan fingerprint density at radius 3 is 2.45 bits per heavy atom. The Bertz CT molecular complexity index is 692. The molecule has 0 amide bonds. The number of carbonyl (C=O) groups excluding carboxylic acids is 1. The molecular weight excluding hydrogens is 278 g/mol. The van der Waals surface area contributed by atoms with Crippen LogP contribution in [-0.2, 0) is 16.1 Å². The van der Waals surface area contributed by atoms with E-state index in [2.05, 4.69) is 4.99 Å². The van der Waals surface area contributed by atoms with Crippen molar-refractivity contribution in [2.75, 3.05) is 14.2 Å². The van der Waals surface area contributed by atoms with Gasteiger partial charge in [0, 0.05) is 12.6 Å². The highest BCUT2D eigenvalue weighted by molar-refractivity contribution is 6.43. The number of ether oxygens (including phenoxy) is 2. The van der Waals surface area contributed by atoms with Crippen LogP contribution in [0.3, 0.4) is 0 Å². The molecule has 114 valence electrons. The van der Waals surface area contributed by atoms with Gasteiger partial charge in [0.2, 0.25) is 0 Å². The molecule has 4 nitrogen and oxygen atoms in total. The van der Waals surface area contributed by atoms with Gasteiger partial charge in [0.05, 0.1) is 7.11 Å². The first-order valence-electron chi connectivity index (χ1n) is 6.99. The van der Waals surface area contributed by atoms with Gasteiger partial charge in [-0.25, -0.2) is 4.79 Å². The average Bonchev–Trinajstić information content (AvgIpc) is 2.55. The number of hydrogen-bond donors (Lipinski definition) is 0. The number of nitrogens with zero attached hydrogens (tertiary/aromatic N) is 1. The SMILES string of the molecule is CN=C(C(=O)OC)c1ccccc1COc1ccccc1C. The van der Waals surface area contributed by atoms with Gasteiger partial charge in [-0.1, -0.05) is 42.5 Å². The van der Waals surface area contributed by atoms with Gasteiger partial charge in [-0.2, -0.15) is 0 Å². The van der Waals surface area contributed by atoms with E-state index in [9.17, 15) is 4.79 Å². The molecule has 0 saturated heterocycles. The number of rotatable bonds is 5. The van der Waals surface area contributed by atoms with E-state index in [4.69, 9.17) is 9.47 Å². The number of aliphatic imine (C=N–C) groups is 1. The third-order valence-electron chi connectivity index (χ3n) is 3.35. The second-order valence-electron chi connectivity index (χ2n) is 4.78. The molecular formula is C18H19NO3. The number of esters is 1. The van der Waals surface area contributed by atoms with Crippen LogP contribution >= 0.6 is 0 Å². The smallest absolute Gasteiger partial charge is 0.356 e. The molecule has 0 saturated carbocycles. The molecule has 0 radical (unpaired) electrons. The van der Waals surface area contributed by atoms with Gasteiger partial charge in [-0.15, -0.1) is 0 Å². The predicted octanol–water partition coefficient (Wildman–Crippen LogP) is 3.17. The van der Waals surface area contributed by atoms with Crippen molar-refractivity contribution in [2.24, 2.45) is 4.99 Å². The zero-order chi connectivity index (χ0) is 15.9. The first-order valence-corrected chi connectivity index (χ1v) is 6.99. The van der Waals surface area contributed by atoms with Gasteiger partial charge >= 0.3 is 5.97 Å². The Balaban J connectivity index is 2.26. The van der Waals surface area contributed by atoms with Gasteiger partial charge in [-0.05, 0) is 24.1 Å². The largest absolute Gasteiger partial charge is 0.489 e. The van der Waals surface area contributed by atoms with E-state index in [1.165, 1.54) is 7.11 Å². The minimum absolute atomic E-state index is 0.298. The summed E-state index contributed by atoms with van der Waals surface area (Å²) in [6.07, 6.45) is 0. The molecule has 0 aliphatic rings. The third-order valence-corrected chi connectivity index (χ3v) is 3.35. The van der Waals surface area contributed by atoms with Crippen molar-refractivity contribution >= 4 is 11.7 Å². The molecule has 0 aromatic heterocycles. The minimum Gasteiger partial charge on any atom is -0.489 e. The number of hydrogen-bond acceptors (Lipinski definition) is 4. The van der Waals surface area contributed by atoms with Crippen molar-refractivity contribution in [1.29, 1.82) is 0 Å². The Kier molecular flexibility index (Phi) is 5.31. The summed E-state index contributed by atoms with van der Waals surface area (Å²) >= 11 is 0. The standard InChI is InChI=1S/C18H19NO3/c1-13-8-4-7-11-16(13)22-12-14-9-5-6-10-15(14)17(19-2)18(20)21-3/h4-11H,12H2,1-3H3. The van der Waals surface area contributed by atoms with Crippen LogP contribution in [0.5, 0.6) is 5.75 Å². The molecule has 22 heavy (non-hydrogen) atoms. The summed E-state index contributed by atoms with van der Waals surface area (Å²) in [5, 5.41) is 0. The molecule has 0 spiro atoms. The first kappa shape index (κ1) is 15.8. The van der Waals surface area contributed by atoms with Gasteiger partial charge in [0.1, 0.15) is 12.4 Å². The lowest BCUT2D eigenvalue weighted by Gasteiger charge is -2.13. The van der Waals surface area contributed by atoms with E-state index in [1.54, 1.807) is 7.05 Å². The van der Waals surface area contributed by atoms with Gasteiger partial charge in [-0.3, -0.25) is 4.99 Å². The highest BCUT2D eigenvalue weighted by atomic mass is 16.5. The van der Waals surface area contributed by atoms with E-state index < -0.39 is 5.97 Å². The van der Waals surface area contributed by atoms with Crippen molar-refractivity contribution < 1.29 is 14.3 Å². The van der Waals surface area contributed by atoms with Gasteiger partial charge < -0.3 is 9.47 Å². The molecule has 0 heterocycles. The lowest BCUT2D eigenvalue weighted by Crippen LogP contribution is -2.19. The maximum atomic E-state index is 11.8. The fourth-order valence-corrected chi connectivity index (χ4v) is 2.17. The zero-order valence-corrected chi connectivity index (χ0v) is 13.0. The molecule has 0 aliphatic carbocycles. The fourth-order valence-electron chi connectivity index (χ4n) is 2.17. The number of para-hydroxylation sites is 1. The molecule has 0 N–H and O–H groups in total. The van der Waals surface area contributed by atoms with Gasteiger partial charge in [0.25, 0.3) is 0 Å². The van der Waals surface area contributed by atoms with E-state index >= 15 is 0 Å². The van der Waals surface area contributed by atoms with Crippen LogP contribution in [0.2, 0.25) is 0 Å². The topological polar surface area (TPSA) is 47.9 Å². The molecule has 2 aromatic rings. The second-order valence-corrected chi connectivity index (χ2v) is 4.78. The maximum absolute atomic E-state index is 11.8. The molecule has 2 aromatic carbocycles. The fraction of sp³-hybridized carbons (Fsp3) is 0.222. The van der Waals surface area contributed by atoms with Crippen LogP contribution in [0.1, 0.15) is 16.7 Å². The van der Waals surface area contributed by atoms with Crippen LogP contribution in [-0.4, -0.2) is 25.8 Å². The summed E-state index contributed by atoms with van der Waals surface area (Å²) in [6.45, 7) is 2.35. The Morgan fingerprint density at radius 2 is 1.77 bits per heavy atom. The molecule has 4 heteroatoms. The quantitative estimate of drug-likeness (QED) is 0.629. The Labute approximate surface area is 130 Å². The number of carbonyl (C=O) groups is 1. The lowest BCUT2D eigenvalue weighted by molar-refractivity contribution is -0.132. The molecule has 0 unspecified atom stereocenters. The highest BCUT2D eigenvalue weighted by Crippen LogP contribution is 2.19. The maximum Gasteiger partial charge on any atom is 0.356 e. The molecule has 0 atom stereocenters. The van der Waals surface area contributed by atoms with E-state index in [1.807, 2.05) is 55.5 Å². The Hall–Kier alpha value is -2.62. The van der Waals surface area contributed by atoms with E-state index in [0.29, 0.717) is 12.3 Å². The Morgan fingerprint density at radius 1 is 1.09 bits per heavy atom. The van der Waals surface area contributed by atoms with Crippen molar-refractivity contribution in [3.05, 3.63) is 65.2 Å². The molecule has 0 fully saturated rings. The summed E-state index contributed by atoms with van der Waals surface area (Å²) in [6, 6.07) is 15.3. The van der Waals surface area contributed by atoms with Crippen molar-refractivity contribution in [2.45, 2.75) is 13.5 Å². The lowest BCUT2D eigenvalue weighted by atomic mass is 10.0. The number of methoxy groups -OCH3 is 1. The summed E-state index contributed by atoms with van der Waals surface area (Å²) in [5.41, 5.74) is 2.98. The summed E-state index contributed by atoms with van der Waals surface area (Å²) in [4.78, 5) is 15.9. The average molecular weight is 297 g/mol. The van der Waals surface area contributed by atoms with Crippen LogP contribution in [0.4, 0.5) is 0 Å². The summed E-state index contributed by atoms with van der Waals surface area (Å²) < 4.78 is 10.6.